The van der Waals surface area contributed by atoms with Gasteiger partial charge in [-0.05, 0) is 0 Å². The number of hydrogen-bond donors (Lipinski definition) is 1. The molecule has 2 N–H and O–H groups in total. The van der Waals surface area contributed by atoms with E-state index in [4.69, 9.17) is 5.73 Å². The lowest BCUT2D eigenvalue weighted by Gasteiger charge is -2.17. The highest BCUT2D eigenvalue weighted by molar-refractivity contribution is 7.99. The van der Waals surface area contributed by atoms with E-state index in [1.54, 1.807) is 0 Å². The van der Waals surface area contributed by atoms with E-state index in [0.717, 1.165) is 22.8 Å². The van der Waals surface area contributed by atoms with Gasteiger partial charge in [0.1, 0.15) is 11.6 Å². The molecule has 0 saturated heterocycles. The summed E-state index contributed by atoms with van der Waals surface area (Å²) in [6.07, 6.45) is 0. The molecule has 0 unspecified atom stereocenters. The lowest BCUT2D eigenvalue weighted by atomic mass is 10.1. The molecule has 1 aromatic carbocycles. The van der Waals surface area contributed by atoms with Crippen LogP contribution in [-0.4, -0.2) is 14.7 Å². The molecule has 0 saturated carbocycles. The molecule has 1 heterocycles. The first-order valence-corrected chi connectivity index (χ1v) is 7.25. The van der Waals surface area contributed by atoms with Crippen LogP contribution in [0.1, 0.15) is 26.6 Å². The van der Waals surface area contributed by atoms with Gasteiger partial charge >= 0.3 is 0 Å². The summed E-state index contributed by atoms with van der Waals surface area (Å²) in [5.41, 5.74) is 7.83. The van der Waals surface area contributed by atoms with Crippen LogP contribution >= 0.6 is 11.8 Å². The normalized spacial score (nSPS) is 11.5. The Bertz CT molecular complexity index is 547. The smallest absolute Gasteiger partial charge is 0.141 e. The Kier molecular flexibility index (Phi) is 4.10. The summed E-state index contributed by atoms with van der Waals surface area (Å²) in [6, 6.07) is 11.9. The number of anilines is 1. The SMILES string of the molecule is CC(C)(C)SCc1nc(N)cc(-c2ccccc2)n1. The molecule has 0 spiro atoms. The van der Waals surface area contributed by atoms with E-state index in [9.17, 15) is 0 Å². The van der Waals surface area contributed by atoms with Crippen molar-refractivity contribution in [2.75, 3.05) is 5.73 Å². The molecule has 0 aliphatic carbocycles. The minimum Gasteiger partial charge on any atom is -0.384 e. The molecular formula is C15H19N3S. The third kappa shape index (κ3) is 4.24. The number of nitrogens with two attached hydrogens (primary N) is 1. The molecule has 2 aromatic rings. The van der Waals surface area contributed by atoms with E-state index in [1.807, 2.05) is 48.2 Å². The standard InChI is InChI=1S/C15H19N3S/c1-15(2,3)19-10-14-17-12(9-13(16)18-14)11-7-5-4-6-8-11/h4-9H,10H2,1-3H3,(H2,16,17,18). The molecule has 19 heavy (non-hydrogen) atoms. The fourth-order valence-corrected chi connectivity index (χ4v) is 2.31. The van der Waals surface area contributed by atoms with Crippen molar-refractivity contribution in [1.82, 2.24) is 9.97 Å². The van der Waals surface area contributed by atoms with Gasteiger partial charge in [0.15, 0.2) is 0 Å². The zero-order valence-electron chi connectivity index (χ0n) is 11.6. The van der Waals surface area contributed by atoms with E-state index in [2.05, 4.69) is 30.7 Å². The van der Waals surface area contributed by atoms with Gasteiger partial charge in [-0.3, -0.25) is 0 Å². The molecule has 1 aromatic heterocycles. The van der Waals surface area contributed by atoms with Gasteiger partial charge in [0.2, 0.25) is 0 Å². The van der Waals surface area contributed by atoms with Gasteiger partial charge in [0.05, 0.1) is 11.4 Å². The second-order valence-electron chi connectivity index (χ2n) is 5.36. The van der Waals surface area contributed by atoms with Crippen LogP contribution in [0.4, 0.5) is 5.82 Å². The third-order valence-corrected chi connectivity index (χ3v) is 3.76. The van der Waals surface area contributed by atoms with Crippen molar-refractivity contribution < 1.29 is 0 Å². The molecule has 0 aliphatic rings. The van der Waals surface area contributed by atoms with Crippen molar-refractivity contribution in [3.8, 4) is 11.3 Å². The topological polar surface area (TPSA) is 51.8 Å². The highest BCUT2D eigenvalue weighted by Gasteiger charge is 2.12. The molecule has 0 fully saturated rings. The van der Waals surface area contributed by atoms with Crippen LogP contribution in [0.3, 0.4) is 0 Å². The Hall–Kier alpha value is -1.55. The van der Waals surface area contributed by atoms with E-state index in [-0.39, 0.29) is 4.75 Å². The maximum absolute atomic E-state index is 5.88. The van der Waals surface area contributed by atoms with E-state index >= 15 is 0 Å². The molecule has 0 atom stereocenters. The molecule has 0 bridgehead atoms. The molecule has 3 nitrogen and oxygen atoms in total. The van der Waals surface area contributed by atoms with Crippen molar-refractivity contribution in [1.29, 1.82) is 0 Å². The summed E-state index contributed by atoms with van der Waals surface area (Å²) in [4.78, 5) is 8.90. The summed E-state index contributed by atoms with van der Waals surface area (Å²) in [5, 5.41) is 0. The van der Waals surface area contributed by atoms with Crippen LogP contribution in [0.25, 0.3) is 11.3 Å². The summed E-state index contributed by atoms with van der Waals surface area (Å²) in [6.45, 7) is 6.55. The quantitative estimate of drug-likeness (QED) is 0.925. The molecule has 4 heteroatoms. The largest absolute Gasteiger partial charge is 0.384 e. The summed E-state index contributed by atoms with van der Waals surface area (Å²) < 4.78 is 0.195. The Balaban J connectivity index is 2.25. The van der Waals surface area contributed by atoms with Crippen molar-refractivity contribution in [2.24, 2.45) is 0 Å². The average Bonchev–Trinajstić information content (AvgIpc) is 2.36. The van der Waals surface area contributed by atoms with Crippen molar-refractivity contribution in [3.63, 3.8) is 0 Å². The highest BCUT2D eigenvalue weighted by Crippen LogP contribution is 2.27. The number of nitrogen functional groups attached to an aromatic ring is 1. The lowest BCUT2D eigenvalue weighted by molar-refractivity contribution is 0.800. The number of thioether (sulfide) groups is 1. The third-order valence-electron chi connectivity index (χ3n) is 2.50. The zero-order chi connectivity index (χ0) is 13.9. The zero-order valence-corrected chi connectivity index (χ0v) is 12.4. The monoisotopic (exact) mass is 273 g/mol. The fourth-order valence-electron chi connectivity index (χ4n) is 1.62. The van der Waals surface area contributed by atoms with Crippen LogP contribution in [-0.2, 0) is 5.75 Å². The molecule has 100 valence electrons. The fraction of sp³-hybridized carbons (Fsp3) is 0.333. The molecule has 2 rings (SSSR count). The van der Waals surface area contributed by atoms with Crippen LogP contribution < -0.4 is 5.73 Å². The van der Waals surface area contributed by atoms with Crippen molar-refractivity contribution in [2.45, 2.75) is 31.3 Å². The van der Waals surface area contributed by atoms with Crippen molar-refractivity contribution >= 4 is 17.6 Å². The Morgan fingerprint density at radius 1 is 1.11 bits per heavy atom. The highest BCUT2D eigenvalue weighted by atomic mass is 32.2. The molecular weight excluding hydrogens is 254 g/mol. The van der Waals surface area contributed by atoms with Gasteiger partial charge in [-0.25, -0.2) is 9.97 Å². The summed E-state index contributed by atoms with van der Waals surface area (Å²) >= 11 is 1.82. The van der Waals surface area contributed by atoms with Gasteiger partial charge in [-0.15, -0.1) is 11.8 Å². The van der Waals surface area contributed by atoms with Gasteiger partial charge in [-0.2, -0.15) is 0 Å². The maximum atomic E-state index is 5.88. The van der Waals surface area contributed by atoms with Crippen molar-refractivity contribution in [3.05, 3.63) is 42.2 Å². The molecule has 0 amide bonds. The molecule has 0 radical (unpaired) electrons. The van der Waals surface area contributed by atoms with Gasteiger partial charge in [0, 0.05) is 16.4 Å². The van der Waals surface area contributed by atoms with Crippen LogP contribution in [0.15, 0.2) is 36.4 Å². The predicted molar refractivity (Wildman–Crippen MR) is 82.9 cm³/mol. The number of nitrogens with zero attached hydrogens (tertiary/aromatic N) is 2. The number of aromatic nitrogens is 2. The first-order chi connectivity index (χ1) is 8.94. The Morgan fingerprint density at radius 2 is 1.79 bits per heavy atom. The van der Waals surface area contributed by atoms with Gasteiger partial charge in [0.25, 0.3) is 0 Å². The summed E-state index contributed by atoms with van der Waals surface area (Å²) in [5.74, 6) is 2.09. The van der Waals surface area contributed by atoms with Crippen LogP contribution in [0, 0.1) is 0 Å². The Morgan fingerprint density at radius 3 is 2.42 bits per heavy atom. The van der Waals surface area contributed by atoms with E-state index in [0.29, 0.717) is 5.82 Å². The number of hydrogen-bond acceptors (Lipinski definition) is 4. The molecule has 0 aliphatic heterocycles. The van der Waals surface area contributed by atoms with E-state index in [1.165, 1.54) is 0 Å². The first kappa shape index (κ1) is 13.9. The Labute approximate surface area is 118 Å². The lowest BCUT2D eigenvalue weighted by Crippen LogP contribution is -2.09. The number of rotatable bonds is 3. The minimum atomic E-state index is 0.195. The number of benzene rings is 1. The van der Waals surface area contributed by atoms with Gasteiger partial charge < -0.3 is 5.73 Å². The predicted octanol–water partition coefficient (Wildman–Crippen LogP) is 3.76. The van der Waals surface area contributed by atoms with E-state index < -0.39 is 0 Å². The second kappa shape index (κ2) is 5.61. The average molecular weight is 273 g/mol. The van der Waals surface area contributed by atoms with Crippen LogP contribution in [0.2, 0.25) is 0 Å². The second-order valence-corrected chi connectivity index (χ2v) is 7.16. The summed E-state index contributed by atoms with van der Waals surface area (Å²) in [7, 11) is 0. The first-order valence-electron chi connectivity index (χ1n) is 6.27. The van der Waals surface area contributed by atoms with Gasteiger partial charge in [-0.1, -0.05) is 51.1 Å². The maximum Gasteiger partial charge on any atom is 0.141 e. The minimum absolute atomic E-state index is 0.195. The van der Waals surface area contributed by atoms with Crippen LogP contribution in [0.5, 0.6) is 0 Å².